The zero-order chi connectivity index (χ0) is 14.7. The Hall–Kier alpha value is -2.42. The molecule has 3 heteroatoms. The first-order valence-electron chi connectivity index (χ1n) is 7.08. The number of benzene rings is 2. The first kappa shape index (κ1) is 13.6. The first-order valence-corrected chi connectivity index (χ1v) is 7.08. The molecular formula is C18H17FN2. The Kier molecular flexibility index (Phi) is 3.82. The van der Waals surface area contributed by atoms with E-state index in [0.29, 0.717) is 11.4 Å². The van der Waals surface area contributed by atoms with Gasteiger partial charge in [-0.2, -0.15) is 0 Å². The molecule has 2 aromatic carbocycles. The fraction of sp³-hybridized carbons (Fsp3) is 0.167. The molecule has 3 aromatic rings. The molecule has 0 aliphatic heterocycles. The third kappa shape index (κ3) is 2.87. The Labute approximate surface area is 123 Å². The summed E-state index contributed by atoms with van der Waals surface area (Å²) in [6.45, 7) is 2.96. The minimum Gasteiger partial charge on any atom is -0.384 e. The van der Waals surface area contributed by atoms with Crippen molar-refractivity contribution in [1.82, 2.24) is 4.98 Å². The van der Waals surface area contributed by atoms with Crippen LogP contribution in [0.1, 0.15) is 18.4 Å². The Morgan fingerprint density at radius 3 is 2.67 bits per heavy atom. The van der Waals surface area contributed by atoms with E-state index in [0.717, 1.165) is 17.6 Å². The van der Waals surface area contributed by atoms with E-state index in [1.165, 1.54) is 11.6 Å². The Bertz CT molecular complexity index is 741. The van der Waals surface area contributed by atoms with Gasteiger partial charge in [-0.25, -0.2) is 4.39 Å². The van der Waals surface area contributed by atoms with Gasteiger partial charge in [0.1, 0.15) is 11.3 Å². The van der Waals surface area contributed by atoms with Crippen molar-refractivity contribution in [1.29, 1.82) is 0 Å². The highest BCUT2D eigenvalue weighted by Crippen LogP contribution is 2.24. The molecule has 0 fully saturated rings. The van der Waals surface area contributed by atoms with E-state index < -0.39 is 0 Å². The van der Waals surface area contributed by atoms with Crippen LogP contribution in [0.2, 0.25) is 0 Å². The van der Waals surface area contributed by atoms with Crippen LogP contribution in [0.15, 0.2) is 60.8 Å². The highest BCUT2D eigenvalue weighted by Gasteiger charge is 2.08. The monoisotopic (exact) mass is 280 g/mol. The number of nitrogens with zero attached hydrogens (tertiary/aromatic N) is 1. The number of pyridine rings is 1. The van der Waals surface area contributed by atoms with Gasteiger partial charge in [-0.3, -0.25) is 4.98 Å². The average molecular weight is 280 g/mol. The maximum Gasteiger partial charge on any atom is 0.149 e. The van der Waals surface area contributed by atoms with Gasteiger partial charge in [-0.05, 0) is 23.6 Å². The lowest BCUT2D eigenvalue weighted by Gasteiger charge is -2.15. The Morgan fingerprint density at radius 1 is 1.05 bits per heavy atom. The number of aromatic nitrogens is 1. The molecule has 0 spiro atoms. The van der Waals surface area contributed by atoms with Crippen LogP contribution in [0.4, 0.5) is 10.1 Å². The third-order valence-electron chi connectivity index (χ3n) is 3.69. The molecule has 0 amide bonds. The summed E-state index contributed by atoms with van der Waals surface area (Å²) in [7, 11) is 0. The average Bonchev–Trinajstić information content (AvgIpc) is 2.54. The fourth-order valence-corrected chi connectivity index (χ4v) is 2.46. The van der Waals surface area contributed by atoms with Crippen LogP contribution in [0.25, 0.3) is 10.9 Å². The van der Waals surface area contributed by atoms with Gasteiger partial charge in [0.2, 0.25) is 0 Å². The smallest absolute Gasteiger partial charge is 0.149 e. The van der Waals surface area contributed by atoms with Crippen molar-refractivity contribution in [2.75, 3.05) is 11.9 Å². The second-order valence-electron chi connectivity index (χ2n) is 5.19. The number of rotatable bonds is 4. The van der Waals surface area contributed by atoms with Crippen LogP contribution in [0.5, 0.6) is 0 Å². The summed E-state index contributed by atoms with van der Waals surface area (Å²) in [5, 5.41) is 4.22. The fourth-order valence-electron chi connectivity index (χ4n) is 2.46. The molecule has 1 atom stereocenters. The van der Waals surface area contributed by atoms with Gasteiger partial charge in [0.25, 0.3) is 0 Å². The maximum atomic E-state index is 13.7. The van der Waals surface area contributed by atoms with Gasteiger partial charge in [0.15, 0.2) is 0 Å². The molecule has 0 bridgehead atoms. The van der Waals surface area contributed by atoms with Gasteiger partial charge < -0.3 is 5.32 Å². The van der Waals surface area contributed by atoms with Gasteiger partial charge in [0.05, 0.1) is 0 Å². The molecule has 3 rings (SSSR count). The van der Waals surface area contributed by atoms with E-state index in [-0.39, 0.29) is 5.82 Å². The van der Waals surface area contributed by atoms with Crippen molar-refractivity contribution in [2.24, 2.45) is 0 Å². The Morgan fingerprint density at radius 2 is 1.86 bits per heavy atom. The van der Waals surface area contributed by atoms with Gasteiger partial charge in [-0.15, -0.1) is 0 Å². The van der Waals surface area contributed by atoms with Gasteiger partial charge in [0, 0.05) is 23.8 Å². The lowest BCUT2D eigenvalue weighted by atomic mass is 10.0. The van der Waals surface area contributed by atoms with E-state index in [4.69, 9.17) is 0 Å². The van der Waals surface area contributed by atoms with Crippen molar-refractivity contribution in [3.63, 3.8) is 0 Å². The SMILES string of the molecule is CC(CNc1ccnc2c(F)cccc12)c1ccccc1. The second-order valence-corrected chi connectivity index (χ2v) is 5.19. The summed E-state index contributed by atoms with van der Waals surface area (Å²) < 4.78 is 13.7. The first-order chi connectivity index (χ1) is 10.3. The van der Waals surface area contributed by atoms with E-state index in [2.05, 4.69) is 29.4 Å². The quantitative estimate of drug-likeness (QED) is 0.756. The zero-order valence-corrected chi connectivity index (χ0v) is 11.9. The molecule has 0 saturated carbocycles. The van der Waals surface area contributed by atoms with E-state index in [9.17, 15) is 4.39 Å². The largest absolute Gasteiger partial charge is 0.384 e. The van der Waals surface area contributed by atoms with E-state index in [1.54, 1.807) is 12.3 Å². The molecule has 2 nitrogen and oxygen atoms in total. The van der Waals surface area contributed by atoms with Crippen LogP contribution in [-0.4, -0.2) is 11.5 Å². The molecule has 1 aromatic heterocycles. The summed E-state index contributed by atoms with van der Waals surface area (Å²) in [6.07, 6.45) is 1.64. The third-order valence-corrected chi connectivity index (χ3v) is 3.69. The van der Waals surface area contributed by atoms with Crippen LogP contribution in [-0.2, 0) is 0 Å². The topological polar surface area (TPSA) is 24.9 Å². The number of hydrogen-bond donors (Lipinski definition) is 1. The lowest BCUT2D eigenvalue weighted by Crippen LogP contribution is -2.10. The summed E-state index contributed by atoms with van der Waals surface area (Å²) >= 11 is 0. The number of halogens is 1. The standard InChI is InChI=1S/C18H17FN2/c1-13(14-6-3-2-4-7-14)12-21-17-10-11-20-18-15(17)8-5-9-16(18)19/h2-11,13H,12H2,1H3,(H,20,21). The highest BCUT2D eigenvalue weighted by molar-refractivity contribution is 5.91. The van der Waals surface area contributed by atoms with Crippen LogP contribution in [0, 0.1) is 5.82 Å². The molecule has 0 aliphatic carbocycles. The molecular weight excluding hydrogens is 263 g/mol. The number of nitrogens with one attached hydrogen (secondary N) is 1. The number of fused-ring (bicyclic) bond motifs is 1. The van der Waals surface area contributed by atoms with Crippen molar-refractivity contribution >= 4 is 16.6 Å². The van der Waals surface area contributed by atoms with Crippen molar-refractivity contribution in [3.05, 3.63) is 72.2 Å². The molecule has 0 aliphatic rings. The van der Waals surface area contributed by atoms with Crippen LogP contribution < -0.4 is 5.32 Å². The number of para-hydroxylation sites is 1. The predicted molar refractivity (Wildman–Crippen MR) is 85.0 cm³/mol. The zero-order valence-electron chi connectivity index (χ0n) is 11.9. The molecule has 0 saturated heterocycles. The molecule has 1 unspecified atom stereocenters. The van der Waals surface area contributed by atoms with Crippen LogP contribution >= 0.6 is 0 Å². The minimum absolute atomic E-state index is 0.285. The highest BCUT2D eigenvalue weighted by atomic mass is 19.1. The molecule has 21 heavy (non-hydrogen) atoms. The maximum absolute atomic E-state index is 13.7. The molecule has 1 heterocycles. The van der Waals surface area contributed by atoms with Gasteiger partial charge in [-0.1, -0.05) is 49.4 Å². The summed E-state index contributed by atoms with van der Waals surface area (Å²) in [4.78, 5) is 4.11. The molecule has 106 valence electrons. The van der Waals surface area contributed by atoms with Crippen molar-refractivity contribution in [3.8, 4) is 0 Å². The summed E-state index contributed by atoms with van der Waals surface area (Å²) in [5.74, 6) is 0.0928. The Balaban J connectivity index is 1.81. The minimum atomic E-state index is -0.285. The summed E-state index contributed by atoms with van der Waals surface area (Å²) in [6, 6.07) is 17.3. The van der Waals surface area contributed by atoms with E-state index in [1.807, 2.05) is 30.3 Å². The molecule has 1 N–H and O–H groups in total. The normalized spacial score (nSPS) is 12.3. The molecule has 0 radical (unpaired) electrons. The number of anilines is 1. The van der Waals surface area contributed by atoms with Gasteiger partial charge >= 0.3 is 0 Å². The second kappa shape index (κ2) is 5.92. The van der Waals surface area contributed by atoms with Crippen LogP contribution in [0.3, 0.4) is 0 Å². The van der Waals surface area contributed by atoms with Crippen molar-refractivity contribution in [2.45, 2.75) is 12.8 Å². The predicted octanol–water partition coefficient (Wildman–Crippen LogP) is 4.59. The summed E-state index contributed by atoms with van der Waals surface area (Å²) in [5.41, 5.74) is 2.62. The van der Waals surface area contributed by atoms with Crippen molar-refractivity contribution < 1.29 is 4.39 Å². The lowest BCUT2D eigenvalue weighted by molar-refractivity contribution is 0.637. The van der Waals surface area contributed by atoms with E-state index >= 15 is 0 Å². The number of hydrogen-bond acceptors (Lipinski definition) is 2.